The van der Waals surface area contributed by atoms with Crippen molar-refractivity contribution < 1.29 is 0 Å². The van der Waals surface area contributed by atoms with E-state index in [2.05, 4.69) is 34.9 Å². The molecule has 0 spiro atoms. The highest BCUT2D eigenvalue weighted by Crippen LogP contribution is 2.20. The topological polar surface area (TPSA) is 19.4 Å². The molecule has 82 valence electrons. The summed E-state index contributed by atoms with van der Waals surface area (Å²) in [6, 6.07) is 4.90. The summed E-state index contributed by atoms with van der Waals surface area (Å²) in [5, 5.41) is 0. The largest absolute Gasteiger partial charge is 0.370 e. The van der Waals surface area contributed by atoms with Crippen LogP contribution >= 0.6 is 0 Å². The van der Waals surface area contributed by atoms with Gasteiger partial charge in [-0.1, -0.05) is 0 Å². The van der Waals surface area contributed by atoms with Gasteiger partial charge in [0.05, 0.1) is 11.9 Å². The normalized spacial score (nSPS) is 18.5. The monoisotopic (exact) mass is 205 g/mol. The van der Waals surface area contributed by atoms with E-state index in [0.29, 0.717) is 0 Å². The van der Waals surface area contributed by atoms with E-state index >= 15 is 0 Å². The van der Waals surface area contributed by atoms with Gasteiger partial charge < -0.3 is 9.80 Å². The Morgan fingerprint density at radius 1 is 1.33 bits per heavy atom. The maximum Gasteiger partial charge on any atom is 0.0552 e. The Kier molecular flexibility index (Phi) is 3.21. The fourth-order valence-electron chi connectivity index (χ4n) is 2.18. The zero-order chi connectivity index (χ0) is 10.7. The van der Waals surface area contributed by atoms with Crippen molar-refractivity contribution in [2.75, 3.05) is 32.1 Å². The first-order chi connectivity index (χ1) is 7.27. The molecule has 0 aliphatic carbocycles. The van der Waals surface area contributed by atoms with Crippen molar-refractivity contribution in [3.05, 3.63) is 24.5 Å². The average Bonchev–Trinajstić information content (AvgIpc) is 2.30. The van der Waals surface area contributed by atoms with Gasteiger partial charge in [-0.15, -0.1) is 0 Å². The fourth-order valence-corrected chi connectivity index (χ4v) is 2.18. The summed E-state index contributed by atoms with van der Waals surface area (Å²) in [5.74, 6) is 0. The number of hydrogen-bond acceptors (Lipinski definition) is 3. The Balaban J connectivity index is 1.94. The standard InChI is InChI=1S/C12H19N3/c1-14(2)11-5-8-15(9-6-11)12-4-3-7-13-10-12/h3-4,7,10-11H,5-6,8-9H2,1-2H3. The van der Waals surface area contributed by atoms with Gasteiger partial charge in [-0.3, -0.25) is 4.98 Å². The van der Waals surface area contributed by atoms with Crippen molar-refractivity contribution in [2.24, 2.45) is 0 Å². The van der Waals surface area contributed by atoms with Gasteiger partial charge in [-0.05, 0) is 39.1 Å². The van der Waals surface area contributed by atoms with E-state index in [0.717, 1.165) is 19.1 Å². The molecule has 15 heavy (non-hydrogen) atoms. The summed E-state index contributed by atoms with van der Waals surface area (Å²) in [5.41, 5.74) is 1.26. The van der Waals surface area contributed by atoms with Gasteiger partial charge in [0.15, 0.2) is 0 Å². The molecule has 3 heteroatoms. The molecular formula is C12H19N3. The minimum atomic E-state index is 0.748. The number of rotatable bonds is 2. The molecule has 1 aliphatic rings. The molecule has 1 aliphatic heterocycles. The Labute approximate surface area is 91.7 Å². The predicted octanol–water partition coefficient (Wildman–Crippen LogP) is 1.61. The van der Waals surface area contributed by atoms with Crippen LogP contribution in [0.3, 0.4) is 0 Å². The molecule has 0 unspecified atom stereocenters. The van der Waals surface area contributed by atoms with Gasteiger partial charge in [0, 0.05) is 25.3 Å². The number of aromatic nitrogens is 1. The van der Waals surface area contributed by atoms with Crippen molar-refractivity contribution in [3.63, 3.8) is 0 Å². The molecule has 0 aromatic carbocycles. The third-order valence-electron chi connectivity index (χ3n) is 3.21. The lowest BCUT2D eigenvalue weighted by Gasteiger charge is -2.36. The zero-order valence-electron chi connectivity index (χ0n) is 9.56. The molecule has 0 radical (unpaired) electrons. The molecule has 2 rings (SSSR count). The van der Waals surface area contributed by atoms with Crippen molar-refractivity contribution in [1.29, 1.82) is 0 Å². The van der Waals surface area contributed by atoms with Gasteiger partial charge in [-0.2, -0.15) is 0 Å². The van der Waals surface area contributed by atoms with E-state index in [1.807, 2.05) is 18.5 Å². The van der Waals surface area contributed by atoms with E-state index in [9.17, 15) is 0 Å². The van der Waals surface area contributed by atoms with Crippen LogP contribution in [0.25, 0.3) is 0 Å². The van der Waals surface area contributed by atoms with Crippen molar-refractivity contribution >= 4 is 5.69 Å². The quantitative estimate of drug-likeness (QED) is 0.731. The van der Waals surface area contributed by atoms with E-state index in [4.69, 9.17) is 0 Å². The molecule has 0 atom stereocenters. The number of pyridine rings is 1. The first-order valence-corrected chi connectivity index (χ1v) is 5.59. The summed E-state index contributed by atoms with van der Waals surface area (Å²) < 4.78 is 0. The second kappa shape index (κ2) is 4.62. The second-order valence-electron chi connectivity index (χ2n) is 4.39. The Morgan fingerprint density at radius 3 is 2.60 bits per heavy atom. The Hall–Kier alpha value is -1.09. The van der Waals surface area contributed by atoms with Gasteiger partial charge in [0.1, 0.15) is 0 Å². The van der Waals surface area contributed by atoms with Crippen LogP contribution in [0.15, 0.2) is 24.5 Å². The van der Waals surface area contributed by atoms with Crippen LogP contribution in [-0.2, 0) is 0 Å². The summed E-state index contributed by atoms with van der Waals surface area (Å²) >= 11 is 0. The Morgan fingerprint density at radius 2 is 2.07 bits per heavy atom. The van der Waals surface area contributed by atoms with Gasteiger partial charge in [0.25, 0.3) is 0 Å². The lowest BCUT2D eigenvalue weighted by Crippen LogP contribution is -2.41. The summed E-state index contributed by atoms with van der Waals surface area (Å²) in [6.07, 6.45) is 6.29. The molecule has 1 saturated heterocycles. The van der Waals surface area contributed by atoms with E-state index in [-0.39, 0.29) is 0 Å². The average molecular weight is 205 g/mol. The predicted molar refractivity (Wildman–Crippen MR) is 63.2 cm³/mol. The lowest BCUT2D eigenvalue weighted by atomic mass is 10.0. The molecule has 1 aromatic rings. The molecule has 0 saturated carbocycles. The molecule has 0 amide bonds. The summed E-state index contributed by atoms with van der Waals surface area (Å²) in [6.45, 7) is 2.29. The fraction of sp³-hybridized carbons (Fsp3) is 0.583. The first-order valence-electron chi connectivity index (χ1n) is 5.59. The zero-order valence-corrected chi connectivity index (χ0v) is 9.56. The number of hydrogen-bond donors (Lipinski definition) is 0. The molecule has 2 heterocycles. The van der Waals surface area contributed by atoms with Crippen LogP contribution in [0.5, 0.6) is 0 Å². The minimum absolute atomic E-state index is 0.748. The molecular weight excluding hydrogens is 186 g/mol. The number of piperidine rings is 1. The van der Waals surface area contributed by atoms with E-state index in [1.54, 1.807) is 0 Å². The van der Waals surface area contributed by atoms with E-state index < -0.39 is 0 Å². The maximum absolute atomic E-state index is 4.16. The van der Waals surface area contributed by atoms with Crippen LogP contribution < -0.4 is 4.90 Å². The third-order valence-corrected chi connectivity index (χ3v) is 3.21. The van der Waals surface area contributed by atoms with E-state index in [1.165, 1.54) is 18.5 Å². The highest BCUT2D eigenvalue weighted by atomic mass is 15.2. The number of nitrogens with zero attached hydrogens (tertiary/aromatic N) is 3. The Bertz CT molecular complexity index is 289. The minimum Gasteiger partial charge on any atom is -0.370 e. The highest BCUT2D eigenvalue weighted by Gasteiger charge is 2.20. The maximum atomic E-state index is 4.16. The van der Waals surface area contributed by atoms with Gasteiger partial charge in [0.2, 0.25) is 0 Å². The van der Waals surface area contributed by atoms with Crippen LogP contribution in [0.1, 0.15) is 12.8 Å². The van der Waals surface area contributed by atoms with Crippen LogP contribution in [0.2, 0.25) is 0 Å². The van der Waals surface area contributed by atoms with Gasteiger partial charge in [-0.25, -0.2) is 0 Å². The summed E-state index contributed by atoms with van der Waals surface area (Å²) in [4.78, 5) is 8.92. The van der Waals surface area contributed by atoms with Crippen LogP contribution in [0.4, 0.5) is 5.69 Å². The highest BCUT2D eigenvalue weighted by molar-refractivity contribution is 5.43. The lowest BCUT2D eigenvalue weighted by molar-refractivity contribution is 0.249. The van der Waals surface area contributed by atoms with Crippen molar-refractivity contribution in [2.45, 2.75) is 18.9 Å². The van der Waals surface area contributed by atoms with Gasteiger partial charge >= 0.3 is 0 Å². The third kappa shape index (κ3) is 2.48. The number of anilines is 1. The summed E-state index contributed by atoms with van der Waals surface area (Å²) in [7, 11) is 4.34. The van der Waals surface area contributed by atoms with Crippen molar-refractivity contribution in [1.82, 2.24) is 9.88 Å². The van der Waals surface area contributed by atoms with Crippen LogP contribution in [-0.4, -0.2) is 43.1 Å². The first kappa shape index (κ1) is 10.4. The second-order valence-corrected chi connectivity index (χ2v) is 4.39. The molecule has 0 bridgehead atoms. The molecule has 3 nitrogen and oxygen atoms in total. The van der Waals surface area contributed by atoms with Crippen LogP contribution in [0, 0.1) is 0 Å². The smallest absolute Gasteiger partial charge is 0.0552 e. The molecule has 1 fully saturated rings. The molecule has 1 aromatic heterocycles. The SMILES string of the molecule is CN(C)C1CCN(c2cccnc2)CC1. The molecule has 0 N–H and O–H groups in total. The van der Waals surface area contributed by atoms with Crippen molar-refractivity contribution in [3.8, 4) is 0 Å².